The predicted octanol–water partition coefficient (Wildman–Crippen LogP) is 1.08. The first-order valence-electron chi connectivity index (χ1n) is 2.71. The summed E-state index contributed by atoms with van der Waals surface area (Å²) in [6, 6.07) is 0. The van der Waals surface area contributed by atoms with Crippen molar-refractivity contribution in [2.24, 2.45) is 5.92 Å². The Morgan fingerprint density at radius 1 is 1.88 bits per heavy atom. The second-order valence-corrected chi connectivity index (χ2v) is 1.78. The number of rotatable bonds is 1. The number of cyclic esters (lactones) is 1. The minimum Gasteiger partial charge on any atom is -0.434 e. The molecule has 0 aromatic rings. The molecule has 0 aliphatic carbocycles. The fourth-order valence-corrected chi connectivity index (χ4v) is 0.670. The smallest absolute Gasteiger partial charge is 0.317 e. The standard InChI is InChI=1S/C6H8O2/c1-2-5-3-4-8-6(5)7/h3-5H,2H2,1H3. The summed E-state index contributed by atoms with van der Waals surface area (Å²) < 4.78 is 4.54. The van der Waals surface area contributed by atoms with Gasteiger partial charge < -0.3 is 4.74 Å². The van der Waals surface area contributed by atoms with Crippen molar-refractivity contribution in [2.75, 3.05) is 0 Å². The summed E-state index contributed by atoms with van der Waals surface area (Å²) >= 11 is 0. The zero-order valence-corrected chi connectivity index (χ0v) is 4.76. The summed E-state index contributed by atoms with van der Waals surface area (Å²) in [7, 11) is 0. The highest BCUT2D eigenvalue weighted by molar-refractivity contribution is 5.77. The van der Waals surface area contributed by atoms with Crippen LogP contribution in [0.4, 0.5) is 0 Å². The highest BCUT2D eigenvalue weighted by Crippen LogP contribution is 2.12. The van der Waals surface area contributed by atoms with Gasteiger partial charge in [-0.25, -0.2) is 0 Å². The molecule has 8 heavy (non-hydrogen) atoms. The Kier molecular flexibility index (Phi) is 1.33. The molecule has 0 amide bonds. The number of hydrogen-bond donors (Lipinski definition) is 0. The van der Waals surface area contributed by atoms with Crippen LogP contribution in [0, 0.1) is 5.92 Å². The number of ether oxygens (including phenoxy) is 1. The lowest BCUT2D eigenvalue weighted by Crippen LogP contribution is -2.05. The molecule has 44 valence electrons. The monoisotopic (exact) mass is 112 g/mol. The van der Waals surface area contributed by atoms with E-state index in [0.717, 1.165) is 6.42 Å². The number of esters is 1. The summed E-state index contributed by atoms with van der Waals surface area (Å²) in [5.74, 6) is -0.0949. The van der Waals surface area contributed by atoms with E-state index in [4.69, 9.17) is 0 Å². The van der Waals surface area contributed by atoms with Gasteiger partial charge in [0.1, 0.15) is 0 Å². The number of carbonyl (C=O) groups excluding carboxylic acids is 1. The quantitative estimate of drug-likeness (QED) is 0.474. The Hall–Kier alpha value is -0.790. The van der Waals surface area contributed by atoms with Crippen LogP contribution in [0.1, 0.15) is 13.3 Å². The molecule has 0 bridgehead atoms. The summed E-state index contributed by atoms with van der Waals surface area (Å²) in [6.07, 6.45) is 4.08. The van der Waals surface area contributed by atoms with Crippen molar-refractivity contribution < 1.29 is 9.53 Å². The molecule has 0 aromatic heterocycles. The van der Waals surface area contributed by atoms with Gasteiger partial charge in [0, 0.05) is 0 Å². The first kappa shape index (κ1) is 5.35. The van der Waals surface area contributed by atoms with Gasteiger partial charge in [0.05, 0.1) is 12.2 Å². The van der Waals surface area contributed by atoms with Gasteiger partial charge in [-0.1, -0.05) is 6.92 Å². The molecule has 1 heterocycles. The molecule has 0 aromatic carbocycles. The molecule has 1 aliphatic heterocycles. The van der Waals surface area contributed by atoms with E-state index in [1.54, 1.807) is 6.08 Å². The molecule has 0 saturated heterocycles. The lowest BCUT2D eigenvalue weighted by molar-refractivity contribution is -0.138. The predicted molar refractivity (Wildman–Crippen MR) is 29.0 cm³/mol. The largest absolute Gasteiger partial charge is 0.434 e. The van der Waals surface area contributed by atoms with E-state index in [1.807, 2.05) is 6.92 Å². The first-order chi connectivity index (χ1) is 3.84. The van der Waals surface area contributed by atoms with Crippen LogP contribution in [0.15, 0.2) is 12.3 Å². The lowest BCUT2D eigenvalue weighted by Gasteiger charge is -1.95. The third-order valence-electron chi connectivity index (χ3n) is 1.24. The van der Waals surface area contributed by atoms with Gasteiger partial charge >= 0.3 is 5.97 Å². The normalized spacial score (nSPS) is 26.1. The van der Waals surface area contributed by atoms with Gasteiger partial charge in [-0.2, -0.15) is 0 Å². The van der Waals surface area contributed by atoms with Crippen LogP contribution in [-0.2, 0) is 9.53 Å². The van der Waals surface area contributed by atoms with Crippen LogP contribution in [0.25, 0.3) is 0 Å². The topological polar surface area (TPSA) is 26.3 Å². The first-order valence-corrected chi connectivity index (χ1v) is 2.71. The van der Waals surface area contributed by atoms with E-state index in [0.29, 0.717) is 0 Å². The Morgan fingerprint density at radius 3 is 2.88 bits per heavy atom. The van der Waals surface area contributed by atoms with Gasteiger partial charge in [0.2, 0.25) is 0 Å². The van der Waals surface area contributed by atoms with E-state index in [9.17, 15) is 4.79 Å². The molecule has 2 nitrogen and oxygen atoms in total. The summed E-state index contributed by atoms with van der Waals surface area (Å²) in [6.45, 7) is 1.96. The fraction of sp³-hybridized carbons (Fsp3) is 0.500. The minimum absolute atomic E-state index is 0.0231. The average molecular weight is 112 g/mol. The van der Waals surface area contributed by atoms with Crippen molar-refractivity contribution in [2.45, 2.75) is 13.3 Å². The summed E-state index contributed by atoms with van der Waals surface area (Å²) in [5.41, 5.74) is 0. The maximum absolute atomic E-state index is 10.5. The molecular weight excluding hydrogens is 104 g/mol. The minimum atomic E-state index is -0.118. The van der Waals surface area contributed by atoms with Gasteiger partial charge in [-0.15, -0.1) is 0 Å². The lowest BCUT2D eigenvalue weighted by atomic mass is 10.1. The van der Waals surface area contributed by atoms with Crippen molar-refractivity contribution in [1.82, 2.24) is 0 Å². The molecule has 0 fully saturated rings. The van der Waals surface area contributed by atoms with Crippen molar-refractivity contribution in [3.63, 3.8) is 0 Å². The van der Waals surface area contributed by atoms with Crippen molar-refractivity contribution in [3.05, 3.63) is 12.3 Å². The van der Waals surface area contributed by atoms with E-state index < -0.39 is 0 Å². The Bertz CT molecular complexity index is 126. The van der Waals surface area contributed by atoms with E-state index in [-0.39, 0.29) is 11.9 Å². The van der Waals surface area contributed by atoms with Gasteiger partial charge in [0.25, 0.3) is 0 Å². The zero-order chi connectivity index (χ0) is 5.98. The van der Waals surface area contributed by atoms with Gasteiger partial charge in [0.15, 0.2) is 0 Å². The van der Waals surface area contributed by atoms with Gasteiger partial charge in [-0.3, -0.25) is 4.79 Å². The molecule has 1 rings (SSSR count). The maximum Gasteiger partial charge on any atom is 0.317 e. The van der Waals surface area contributed by atoms with Crippen LogP contribution < -0.4 is 0 Å². The van der Waals surface area contributed by atoms with Crippen LogP contribution >= 0.6 is 0 Å². The van der Waals surface area contributed by atoms with Crippen LogP contribution in [0.3, 0.4) is 0 Å². The van der Waals surface area contributed by atoms with Crippen LogP contribution in [0.5, 0.6) is 0 Å². The fourth-order valence-electron chi connectivity index (χ4n) is 0.670. The zero-order valence-electron chi connectivity index (χ0n) is 4.76. The average Bonchev–Trinajstić information content (AvgIpc) is 2.14. The highest BCUT2D eigenvalue weighted by atomic mass is 16.5. The van der Waals surface area contributed by atoms with E-state index >= 15 is 0 Å². The highest BCUT2D eigenvalue weighted by Gasteiger charge is 2.18. The van der Waals surface area contributed by atoms with Crippen LogP contribution in [0.2, 0.25) is 0 Å². The molecule has 0 spiro atoms. The third-order valence-corrected chi connectivity index (χ3v) is 1.24. The van der Waals surface area contributed by atoms with Crippen molar-refractivity contribution >= 4 is 5.97 Å². The summed E-state index contributed by atoms with van der Waals surface area (Å²) in [5, 5.41) is 0. The Labute approximate surface area is 48.1 Å². The Balaban J connectivity index is 2.53. The molecule has 1 aliphatic rings. The molecule has 1 atom stereocenters. The van der Waals surface area contributed by atoms with E-state index in [2.05, 4.69) is 4.74 Å². The number of carbonyl (C=O) groups is 1. The third kappa shape index (κ3) is 0.735. The van der Waals surface area contributed by atoms with Crippen LogP contribution in [-0.4, -0.2) is 5.97 Å². The number of hydrogen-bond acceptors (Lipinski definition) is 2. The van der Waals surface area contributed by atoms with Gasteiger partial charge in [-0.05, 0) is 12.5 Å². The molecule has 2 heteroatoms. The maximum atomic E-state index is 10.5. The molecule has 0 N–H and O–H groups in total. The second-order valence-electron chi connectivity index (χ2n) is 1.78. The molecule has 0 saturated carbocycles. The van der Waals surface area contributed by atoms with E-state index in [1.165, 1.54) is 6.26 Å². The second kappa shape index (κ2) is 1.99. The molecular formula is C6H8O2. The SMILES string of the molecule is CCC1C=COC1=O. The Morgan fingerprint density at radius 2 is 2.62 bits per heavy atom. The van der Waals surface area contributed by atoms with Crippen molar-refractivity contribution in [1.29, 1.82) is 0 Å². The molecule has 0 radical (unpaired) electrons. The summed E-state index contributed by atoms with van der Waals surface area (Å²) in [4.78, 5) is 10.5. The molecule has 1 unspecified atom stereocenters. The van der Waals surface area contributed by atoms with Crippen molar-refractivity contribution in [3.8, 4) is 0 Å².